The molecule has 4 rings (SSSR count). The van der Waals surface area contributed by atoms with Crippen molar-refractivity contribution in [3.8, 4) is 17.2 Å². The van der Waals surface area contributed by atoms with Gasteiger partial charge >= 0.3 is 5.97 Å². The summed E-state index contributed by atoms with van der Waals surface area (Å²) in [5.41, 5.74) is 3.50. The van der Waals surface area contributed by atoms with Gasteiger partial charge in [-0.3, -0.25) is 14.6 Å². The number of methoxy groups -OCH3 is 2. The van der Waals surface area contributed by atoms with Crippen molar-refractivity contribution >= 4 is 17.5 Å². The van der Waals surface area contributed by atoms with E-state index in [4.69, 9.17) is 19.2 Å². The molecule has 0 spiro atoms. The van der Waals surface area contributed by atoms with Crippen molar-refractivity contribution in [2.75, 3.05) is 20.8 Å². The van der Waals surface area contributed by atoms with Gasteiger partial charge in [0.15, 0.2) is 17.3 Å². The quantitative estimate of drug-likeness (QED) is 0.568. The Morgan fingerprint density at radius 3 is 2.51 bits per heavy atom. The molecule has 2 aliphatic rings. The van der Waals surface area contributed by atoms with Crippen LogP contribution in [0.3, 0.4) is 0 Å². The number of Topliss-reactive ketones (excluding diaryl/α,β-unsaturated/α-hetero) is 1. The summed E-state index contributed by atoms with van der Waals surface area (Å²) >= 11 is 0. The van der Waals surface area contributed by atoms with Gasteiger partial charge in [-0.25, -0.2) is 0 Å². The Hall–Kier alpha value is -3.61. The highest BCUT2D eigenvalue weighted by molar-refractivity contribution is 6.09. The molecule has 7 heteroatoms. The van der Waals surface area contributed by atoms with Crippen LogP contribution in [0.25, 0.3) is 0 Å². The van der Waals surface area contributed by atoms with Crippen molar-refractivity contribution in [2.24, 2.45) is 10.9 Å². The Balaban J connectivity index is 1.76. The van der Waals surface area contributed by atoms with E-state index in [0.29, 0.717) is 53.5 Å². The van der Waals surface area contributed by atoms with E-state index in [0.717, 1.165) is 5.56 Å². The summed E-state index contributed by atoms with van der Waals surface area (Å²) in [4.78, 5) is 31.5. The maximum Gasteiger partial charge on any atom is 0.315 e. The first-order valence-electron chi connectivity index (χ1n) is 11.9. The summed E-state index contributed by atoms with van der Waals surface area (Å²) < 4.78 is 16.3. The number of benzene rings is 2. The highest BCUT2D eigenvalue weighted by Gasteiger charge is 2.44. The summed E-state index contributed by atoms with van der Waals surface area (Å²) in [7, 11) is 3.17. The topological polar surface area (TPSA) is 94.4 Å². The lowest BCUT2D eigenvalue weighted by molar-refractivity contribution is -0.146. The second-order valence-electron chi connectivity index (χ2n) is 8.97. The van der Waals surface area contributed by atoms with E-state index in [-0.39, 0.29) is 23.9 Å². The van der Waals surface area contributed by atoms with Crippen LogP contribution in [0.15, 0.2) is 58.7 Å². The Morgan fingerprint density at radius 2 is 1.83 bits per heavy atom. The number of hydrogen-bond acceptors (Lipinski definition) is 7. The SMILES string of the molecule is CCCOC(=O)C1C(C)=NC2=C(C(=O)C[C@@H](c3ccc(OC)c(OC)c3)C2)[C@H]1c1cccc(O)c1. The fourth-order valence-electron chi connectivity index (χ4n) is 5.08. The van der Waals surface area contributed by atoms with Gasteiger partial charge in [-0.05, 0) is 61.1 Å². The highest BCUT2D eigenvalue weighted by atomic mass is 16.5. The fraction of sp³-hybridized carbons (Fsp3) is 0.393. The van der Waals surface area contributed by atoms with Gasteiger partial charge in [-0.15, -0.1) is 0 Å². The minimum Gasteiger partial charge on any atom is -0.508 e. The lowest BCUT2D eigenvalue weighted by Crippen LogP contribution is -2.38. The van der Waals surface area contributed by atoms with E-state index >= 15 is 0 Å². The molecule has 0 bridgehead atoms. The summed E-state index contributed by atoms with van der Waals surface area (Å²) in [6, 6.07) is 12.4. The smallest absolute Gasteiger partial charge is 0.315 e. The van der Waals surface area contributed by atoms with E-state index in [1.165, 1.54) is 0 Å². The number of allylic oxidation sites excluding steroid dienone is 2. The molecule has 0 saturated heterocycles. The molecule has 0 radical (unpaired) electrons. The van der Waals surface area contributed by atoms with Gasteiger partial charge in [0.05, 0.1) is 20.8 Å². The van der Waals surface area contributed by atoms with E-state index in [1.54, 1.807) is 32.4 Å². The number of ether oxygens (including phenoxy) is 3. The Labute approximate surface area is 205 Å². The molecule has 0 amide bonds. The van der Waals surface area contributed by atoms with Crippen LogP contribution in [0.5, 0.6) is 17.2 Å². The number of carbonyl (C=O) groups is 2. The maximum atomic E-state index is 13.6. The monoisotopic (exact) mass is 477 g/mol. The molecule has 2 aromatic carbocycles. The van der Waals surface area contributed by atoms with Crippen molar-refractivity contribution in [1.82, 2.24) is 0 Å². The minimum absolute atomic E-state index is 0.0519. The van der Waals surface area contributed by atoms with Crippen LogP contribution in [-0.4, -0.2) is 43.4 Å². The van der Waals surface area contributed by atoms with Crippen LogP contribution in [0.1, 0.15) is 56.1 Å². The van der Waals surface area contributed by atoms with Crippen LogP contribution in [0.2, 0.25) is 0 Å². The first-order chi connectivity index (χ1) is 16.9. The second-order valence-corrected chi connectivity index (χ2v) is 8.97. The third-order valence-corrected chi connectivity index (χ3v) is 6.70. The molecule has 0 aromatic heterocycles. The average Bonchev–Trinajstić information content (AvgIpc) is 2.85. The summed E-state index contributed by atoms with van der Waals surface area (Å²) in [6.45, 7) is 4.04. The first-order valence-corrected chi connectivity index (χ1v) is 11.9. The maximum absolute atomic E-state index is 13.6. The van der Waals surface area contributed by atoms with E-state index in [1.807, 2.05) is 38.1 Å². The number of carbonyl (C=O) groups excluding carboxylic acids is 2. The molecule has 1 unspecified atom stereocenters. The van der Waals surface area contributed by atoms with Gasteiger partial charge in [0.2, 0.25) is 0 Å². The average molecular weight is 478 g/mol. The molecule has 1 aliphatic heterocycles. The molecular formula is C28H31NO6. The van der Waals surface area contributed by atoms with Crippen molar-refractivity contribution in [2.45, 2.75) is 44.9 Å². The van der Waals surface area contributed by atoms with Crippen LogP contribution in [-0.2, 0) is 14.3 Å². The molecule has 2 aromatic rings. The van der Waals surface area contributed by atoms with Crippen molar-refractivity contribution < 1.29 is 28.9 Å². The third kappa shape index (κ3) is 4.81. The summed E-state index contributed by atoms with van der Waals surface area (Å²) in [5.74, 6) is -0.490. The van der Waals surface area contributed by atoms with Crippen LogP contribution in [0.4, 0.5) is 0 Å². The number of hydrogen-bond donors (Lipinski definition) is 1. The van der Waals surface area contributed by atoms with Crippen molar-refractivity contribution in [1.29, 1.82) is 0 Å². The molecule has 35 heavy (non-hydrogen) atoms. The van der Waals surface area contributed by atoms with Gasteiger partial charge in [-0.1, -0.05) is 25.1 Å². The number of rotatable bonds is 7. The van der Waals surface area contributed by atoms with Crippen LogP contribution >= 0.6 is 0 Å². The van der Waals surface area contributed by atoms with Gasteiger partial charge in [0, 0.05) is 29.3 Å². The molecule has 1 aliphatic carbocycles. The first kappa shape index (κ1) is 24.5. The molecule has 1 heterocycles. The van der Waals surface area contributed by atoms with Gasteiger partial charge < -0.3 is 19.3 Å². The number of aliphatic imine (C=N–C) groups is 1. The lowest BCUT2D eigenvalue weighted by Gasteiger charge is -2.36. The highest BCUT2D eigenvalue weighted by Crippen LogP contribution is 2.47. The fourth-order valence-corrected chi connectivity index (χ4v) is 5.08. The molecule has 0 fully saturated rings. The van der Waals surface area contributed by atoms with Crippen LogP contribution < -0.4 is 9.47 Å². The molecule has 7 nitrogen and oxygen atoms in total. The van der Waals surface area contributed by atoms with E-state index in [9.17, 15) is 14.7 Å². The standard InChI is InChI=1S/C28H31NO6/c1-5-11-35-28(32)25-16(2)29-21-13-19(17-9-10-23(33-3)24(15-17)34-4)14-22(31)27(21)26(25)18-7-6-8-20(30)12-18/h6-10,12,15,19,25-26,30H,5,11,13-14H2,1-4H3/t19-,25?,26-/m0/s1. The second kappa shape index (κ2) is 10.3. The Kier molecular flexibility index (Phi) is 7.24. The third-order valence-electron chi connectivity index (χ3n) is 6.70. The lowest BCUT2D eigenvalue weighted by atomic mass is 9.69. The van der Waals surface area contributed by atoms with Gasteiger partial charge in [0.25, 0.3) is 0 Å². The van der Waals surface area contributed by atoms with E-state index in [2.05, 4.69) is 0 Å². The summed E-state index contributed by atoms with van der Waals surface area (Å²) in [6.07, 6.45) is 1.54. The zero-order valence-electron chi connectivity index (χ0n) is 20.5. The Bertz CT molecular complexity index is 1200. The molecule has 184 valence electrons. The number of aromatic hydroxyl groups is 1. The molecule has 3 atom stereocenters. The minimum atomic E-state index is -0.719. The predicted octanol–water partition coefficient (Wildman–Crippen LogP) is 4.94. The number of esters is 1. The predicted molar refractivity (Wildman–Crippen MR) is 132 cm³/mol. The largest absolute Gasteiger partial charge is 0.508 e. The summed E-state index contributed by atoms with van der Waals surface area (Å²) in [5, 5.41) is 10.2. The number of phenolic OH excluding ortho intramolecular Hbond substituents is 1. The van der Waals surface area contributed by atoms with Crippen LogP contribution in [0, 0.1) is 5.92 Å². The molecule has 1 N–H and O–H groups in total. The zero-order valence-corrected chi connectivity index (χ0v) is 20.5. The molecular weight excluding hydrogens is 446 g/mol. The molecule has 0 saturated carbocycles. The zero-order chi connectivity index (χ0) is 25.1. The normalized spacial score (nSPS) is 21.8. The van der Waals surface area contributed by atoms with Gasteiger partial charge in [-0.2, -0.15) is 0 Å². The van der Waals surface area contributed by atoms with Crippen molar-refractivity contribution in [3.63, 3.8) is 0 Å². The number of phenols is 1. The van der Waals surface area contributed by atoms with Crippen molar-refractivity contribution in [3.05, 3.63) is 64.9 Å². The van der Waals surface area contributed by atoms with Gasteiger partial charge in [0.1, 0.15) is 11.7 Å². The van der Waals surface area contributed by atoms with E-state index < -0.39 is 17.8 Å². The Morgan fingerprint density at radius 1 is 1.06 bits per heavy atom. The number of nitrogens with zero attached hydrogens (tertiary/aromatic N) is 1. The number of ketones is 1.